The third kappa shape index (κ3) is 1.85. The Morgan fingerprint density at radius 3 is 2.27 bits per heavy atom. The molecule has 2 unspecified atom stereocenters. The van der Waals surface area contributed by atoms with Gasteiger partial charge in [-0.1, -0.05) is 19.1 Å². The zero-order chi connectivity index (χ0) is 18.1. The van der Waals surface area contributed by atoms with Gasteiger partial charge in [-0.3, -0.25) is 4.79 Å². The first-order valence-corrected chi connectivity index (χ1v) is 9.33. The molecule has 134 valence electrons. The Bertz CT molecular complexity index is 887. The largest absolute Gasteiger partial charge is 0.454 e. The van der Waals surface area contributed by atoms with Crippen LogP contribution in [0.15, 0.2) is 42.5 Å². The van der Waals surface area contributed by atoms with E-state index < -0.39 is 11.7 Å². The molecule has 4 heteroatoms. The lowest BCUT2D eigenvalue weighted by Gasteiger charge is -2.80. The van der Waals surface area contributed by atoms with Crippen molar-refractivity contribution in [2.24, 2.45) is 23.0 Å². The number of rotatable bonds is 4. The number of hydrogen-bond acceptors (Lipinski definition) is 2. The Balaban J connectivity index is 1.36. The normalized spacial score (nSPS) is 33.8. The standard InChI is InChI=1S/C22H22FNO2/c1-21(18-8-10-22(18)11-9-19(21)22)14-3-5-15(6-4-14)26-17-7-2-13(20(24)25)12-16(17)23/h2-7,12,18-19H,8-11H2,1H3,(H2,24,25). The van der Waals surface area contributed by atoms with E-state index in [-0.39, 0.29) is 11.3 Å². The van der Waals surface area contributed by atoms with Crippen molar-refractivity contribution >= 4 is 5.91 Å². The lowest BCUT2D eigenvalue weighted by atomic mass is 9.23. The van der Waals surface area contributed by atoms with Gasteiger partial charge in [0.2, 0.25) is 5.91 Å². The van der Waals surface area contributed by atoms with Crippen LogP contribution in [0.25, 0.3) is 0 Å². The van der Waals surface area contributed by atoms with Gasteiger partial charge in [0.15, 0.2) is 11.6 Å². The maximum absolute atomic E-state index is 14.1. The lowest BCUT2D eigenvalue weighted by molar-refractivity contribution is -0.280. The van der Waals surface area contributed by atoms with Gasteiger partial charge >= 0.3 is 0 Å². The topological polar surface area (TPSA) is 52.3 Å². The number of carbonyl (C=O) groups excluding carboxylic acids is 1. The van der Waals surface area contributed by atoms with Crippen molar-refractivity contribution in [3.05, 3.63) is 59.4 Å². The maximum Gasteiger partial charge on any atom is 0.248 e. The van der Waals surface area contributed by atoms with Gasteiger partial charge in [0.05, 0.1) is 0 Å². The first-order chi connectivity index (χ1) is 12.4. The van der Waals surface area contributed by atoms with E-state index in [4.69, 9.17) is 10.5 Å². The van der Waals surface area contributed by atoms with Crippen LogP contribution in [0, 0.1) is 23.1 Å². The molecule has 0 bridgehead atoms. The summed E-state index contributed by atoms with van der Waals surface area (Å²) in [5.74, 6) is 1.10. The third-order valence-electron chi connectivity index (χ3n) is 7.55. The average Bonchev–Trinajstić information content (AvgIpc) is 2.55. The summed E-state index contributed by atoms with van der Waals surface area (Å²) in [7, 11) is 0. The molecular formula is C22H22FNO2. The molecule has 3 fully saturated rings. The zero-order valence-electron chi connectivity index (χ0n) is 14.8. The van der Waals surface area contributed by atoms with Gasteiger partial charge in [-0.05, 0) is 84.2 Å². The molecule has 0 aromatic heterocycles. The van der Waals surface area contributed by atoms with Crippen molar-refractivity contribution in [1.82, 2.24) is 0 Å². The molecule has 1 amide bonds. The first-order valence-electron chi connectivity index (χ1n) is 9.33. The summed E-state index contributed by atoms with van der Waals surface area (Å²) in [6.07, 6.45) is 5.53. The number of carbonyl (C=O) groups is 1. The van der Waals surface area contributed by atoms with Gasteiger partial charge in [0, 0.05) is 5.56 Å². The zero-order valence-corrected chi connectivity index (χ0v) is 14.8. The Kier molecular flexibility index (Phi) is 3.10. The molecule has 0 saturated heterocycles. The fourth-order valence-corrected chi connectivity index (χ4v) is 6.12. The van der Waals surface area contributed by atoms with E-state index in [9.17, 15) is 9.18 Å². The van der Waals surface area contributed by atoms with Crippen molar-refractivity contribution in [3.8, 4) is 11.5 Å². The number of hydrogen-bond donors (Lipinski definition) is 1. The van der Waals surface area contributed by atoms with Gasteiger partial charge < -0.3 is 10.5 Å². The van der Waals surface area contributed by atoms with Crippen LogP contribution < -0.4 is 10.5 Å². The molecule has 3 aliphatic carbocycles. The second kappa shape index (κ2) is 5.09. The maximum atomic E-state index is 14.1. The molecule has 2 aromatic carbocycles. The van der Waals surface area contributed by atoms with Crippen LogP contribution in [-0.2, 0) is 5.41 Å². The minimum atomic E-state index is -0.656. The van der Waals surface area contributed by atoms with E-state index in [1.54, 1.807) is 0 Å². The number of benzene rings is 2. The summed E-state index contributed by atoms with van der Waals surface area (Å²) in [5, 5.41) is 0. The summed E-state index contributed by atoms with van der Waals surface area (Å²) in [6.45, 7) is 2.41. The third-order valence-corrected chi connectivity index (χ3v) is 7.55. The van der Waals surface area contributed by atoms with E-state index in [0.29, 0.717) is 16.6 Å². The van der Waals surface area contributed by atoms with Gasteiger partial charge in [-0.25, -0.2) is 4.39 Å². The molecule has 3 nitrogen and oxygen atoms in total. The quantitative estimate of drug-likeness (QED) is 0.861. The Labute approximate surface area is 152 Å². The van der Waals surface area contributed by atoms with Gasteiger partial charge in [0.1, 0.15) is 5.75 Å². The molecule has 1 spiro atoms. The summed E-state index contributed by atoms with van der Waals surface area (Å²) >= 11 is 0. The van der Waals surface area contributed by atoms with Crippen LogP contribution in [0.3, 0.4) is 0 Å². The summed E-state index contributed by atoms with van der Waals surface area (Å²) in [4.78, 5) is 11.1. The number of ether oxygens (including phenoxy) is 1. The minimum Gasteiger partial charge on any atom is -0.454 e. The van der Waals surface area contributed by atoms with Gasteiger partial charge in [0.25, 0.3) is 0 Å². The van der Waals surface area contributed by atoms with Crippen molar-refractivity contribution in [2.45, 2.75) is 38.0 Å². The molecule has 0 aliphatic heterocycles. The smallest absolute Gasteiger partial charge is 0.248 e. The van der Waals surface area contributed by atoms with Crippen molar-refractivity contribution in [3.63, 3.8) is 0 Å². The molecular weight excluding hydrogens is 329 g/mol. The van der Waals surface area contributed by atoms with Gasteiger partial charge in [-0.2, -0.15) is 0 Å². The highest BCUT2D eigenvalue weighted by Crippen LogP contribution is 2.82. The highest BCUT2D eigenvalue weighted by molar-refractivity contribution is 5.92. The summed E-state index contributed by atoms with van der Waals surface area (Å²) in [6, 6.07) is 12.1. The average molecular weight is 351 g/mol. The Morgan fingerprint density at radius 1 is 1.12 bits per heavy atom. The molecule has 2 aromatic rings. The Morgan fingerprint density at radius 2 is 1.77 bits per heavy atom. The van der Waals surface area contributed by atoms with Crippen molar-refractivity contribution in [1.29, 1.82) is 0 Å². The molecule has 5 rings (SSSR count). The number of primary amides is 1. The molecule has 2 atom stereocenters. The predicted molar refractivity (Wildman–Crippen MR) is 96.7 cm³/mol. The number of nitrogens with two attached hydrogens (primary N) is 1. The minimum absolute atomic E-state index is 0.0922. The summed E-state index contributed by atoms with van der Waals surface area (Å²) < 4.78 is 19.8. The van der Waals surface area contributed by atoms with E-state index in [0.717, 1.165) is 17.9 Å². The van der Waals surface area contributed by atoms with E-state index in [1.165, 1.54) is 43.4 Å². The number of halogens is 1. The van der Waals surface area contributed by atoms with Crippen molar-refractivity contribution in [2.75, 3.05) is 0 Å². The Hall–Kier alpha value is -2.36. The van der Waals surface area contributed by atoms with Crippen LogP contribution in [0.2, 0.25) is 0 Å². The van der Waals surface area contributed by atoms with E-state index in [1.807, 2.05) is 12.1 Å². The highest BCUT2D eigenvalue weighted by Gasteiger charge is 2.76. The second-order valence-corrected chi connectivity index (χ2v) is 8.33. The fourth-order valence-electron chi connectivity index (χ4n) is 6.12. The number of amides is 1. The van der Waals surface area contributed by atoms with E-state index >= 15 is 0 Å². The highest BCUT2D eigenvalue weighted by atomic mass is 19.1. The van der Waals surface area contributed by atoms with E-state index in [2.05, 4.69) is 19.1 Å². The summed E-state index contributed by atoms with van der Waals surface area (Å²) in [5.41, 5.74) is 7.64. The molecule has 2 N–H and O–H groups in total. The SMILES string of the molecule is CC1(c2ccc(Oc3ccc(C(N)=O)cc3F)cc2)C2CCC23CCC31. The van der Waals surface area contributed by atoms with Crippen LogP contribution >= 0.6 is 0 Å². The molecule has 3 aliphatic rings. The van der Waals surface area contributed by atoms with Crippen LogP contribution in [0.4, 0.5) is 4.39 Å². The van der Waals surface area contributed by atoms with Gasteiger partial charge in [-0.15, -0.1) is 0 Å². The molecule has 26 heavy (non-hydrogen) atoms. The molecule has 3 saturated carbocycles. The van der Waals surface area contributed by atoms with Crippen LogP contribution in [0.5, 0.6) is 11.5 Å². The monoisotopic (exact) mass is 351 g/mol. The second-order valence-electron chi connectivity index (χ2n) is 8.33. The van der Waals surface area contributed by atoms with Crippen LogP contribution in [0.1, 0.15) is 48.5 Å². The molecule has 0 heterocycles. The predicted octanol–water partition coefficient (Wildman–Crippen LogP) is 4.79. The fraction of sp³-hybridized carbons (Fsp3) is 0.409. The molecule has 0 radical (unpaired) electrons. The van der Waals surface area contributed by atoms with Crippen LogP contribution in [-0.4, -0.2) is 5.91 Å². The first kappa shape index (κ1) is 15.9. The van der Waals surface area contributed by atoms with Crippen molar-refractivity contribution < 1.29 is 13.9 Å². The lowest BCUT2D eigenvalue weighted by Crippen LogP contribution is -2.75.